The molecule has 1 heterocycles. The van der Waals surface area contributed by atoms with Gasteiger partial charge in [-0.3, -0.25) is 4.99 Å². The lowest BCUT2D eigenvalue weighted by Crippen LogP contribution is -2.32. The first-order valence-electron chi connectivity index (χ1n) is 6.53. The average Bonchev–Trinajstić information content (AvgIpc) is 2.83. The summed E-state index contributed by atoms with van der Waals surface area (Å²) in [6, 6.07) is 0. The minimum atomic E-state index is -0.129. The number of aliphatic hydroxyl groups is 1. The maximum Gasteiger partial charge on any atom is 0.0780 e. The summed E-state index contributed by atoms with van der Waals surface area (Å²) < 4.78 is 0. The van der Waals surface area contributed by atoms with E-state index in [0.717, 1.165) is 11.2 Å². The Morgan fingerprint density at radius 3 is 2.94 bits per heavy atom. The lowest BCUT2D eigenvalue weighted by Gasteiger charge is -2.34. The van der Waals surface area contributed by atoms with E-state index in [1.807, 2.05) is 18.7 Å². The number of hydrogen-bond donors (Lipinski definition) is 1. The molecule has 3 aliphatic rings. The zero-order chi connectivity index (χ0) is 11.3. The van der Waals surface area contributed by atoms with Crippen molar-refractivity contribution in [1.82, 2.24) is 0 Å². The van der Waals surface area contributed by atoms with E-state index in [4.69, 9.17) is 4.99 Å². The molecule has 5 atom stereocenters. The fourth-order valence-electron chi connectivity index (χ4n) is 3.67. The highest BCUT2D eigenvalue weighted by atomic mass is 32.2. The van der Waals surface area contributed by atoms with Crippen LogP contribution in [0.1, 0.15) is 46.0 Å². The van der Waals surface area contributed by atoms with Crippen molar-refractivity contribution in [2.24, 2.45) is 16.8 Å². The maximum atomic E-state index is 9.75. The minimum Gasteiger partial charge on any atom is -0.393 e. The summed E-state index contributed by atoms with van der Waals surface area (Å²) in [6.45, 7) is 4.10. The summed E-state index contributed by atoms with van der Waals surface area (Å²) in [7, 11) is 0. The van der Waals surface area contributed by atoms with E-state index in [0.29, 0.717) is 11.5 Å². The van der Waals surface area contributed by atoms with Gasteiger partial charge in [0.1, 0.15) is 0 Å². The highest BCUT2D eigenvalue weighted by Gasteiger charge is 2.63. The molecule has 0 spiro atoms. The summed E-state index contributed by atoms with van der Waals surface area (Å²) in [5.41, 5.74) is 0.308. The Morgan fingerprint density at radius 1 is 1.50 bits per heavy atom. The predicted octanol–water partition coefficient (Wildman–Crippen LogP) is 2.85. The normalized spacial score (nSPS) is 48.4. The van der Waals surface area contributed by atoms with Crippen LogP contribution in [0.2, 0.25) is 0 Å². The van der Waals surface area contributed by atoms with Crippen molar-refractivity contribution < 1.29 is 5.11 Å². The summed E-state index contributed by atoms with van der Waals surface area (Å²) in [6.07, 6.45) is 6.20. The quantitative estimate of drug-likeness (QED) is 0.803. The van der Waals surface area contributed by atoms with E-state index in [1.54, 1.807) is 0 Å². The molecule has 0 radical (unpaired) electrons. The molecule has 3 heteroatoms. The molecule has 0 aromatic carbocycles. The molecule has 2 nitrogen and oxygen atoms in total. The Bertz CT molecular complexity index is 328. The molecule has 0 bridgehead atoms. The third-order valence-corrected chi connectivity index (χ3v) is 5.98. The molecular formula is C13H21NOS. The van der Waals surface area contributed by atoms with Gasteiger partial charge in [-0.25, -0.2) is 0 Å². The third-order valence-electron chi connectivity index (χ3n) is 4.69. The number of nitrogens with zero attached hydrogens (tertiary/aromatic N) is 1. The first kappa shape index (κ1) is 11.1. The van der Waals surface area contributed by atoms with Gasteiger partial charge >= 0.3 is 0 Å². The molecule has 1 N–H and O–H groups in total. The second-order valence-corrected chi connectivity index (χ2v) is 7.19. The van der Waals surface area contributed by atoms with Gasteiger partial charge in [0, 0.05) is 5.25 Å². The van der Waals surface area contributed by atoms with Crippen molar-refractivity contribution in [3.63, 3.8) is 0 Å². The van der Waals surface area contributed by atoms with Crippen LogP contribution >= 0.6 is 11.8 Å². The molecule has 2 saturated carbocycles. The lowest BCUT2D eigenvalue weighted by molar-refractivity contribution is 0.0762. The first-order valence-corrected chi connectivity index (χ1v) is 7.41. The monoisotopic (exact) mass is 239 g/mol. The molecule has 0 amide bonds. The van der Waals surface area contributed by atoms with Gasteiger partial charge in [0.15, 0.2) is 0 Å². The number of aliphatic imine (C=N–C) groups is 1. The first-order chi connectivity index (χ1) is 7.62. The van der Waals surface area contributed by atoms with Crippen molar-refractivity contribution in [3.05, 3.63) is 0 Å². The zero-order valence-electron chi connectivity index (χ0n) is 10.1. The largest absolute Gasteiger partial charge is 0.393 e. The lowest BCUT2D eigenvalue weighted by atomic mass is 9.75. The Hall–Kier alpha value is -0.0200. The summed E-state index contributed by atoms with van der Waals surface area (Å²) in [5.74, 6) is 1.27. The van der Waals surface area contributed by atoms with Crippen LogP contribution in [0.5, 0.6) is 0 Å². The maximum absolute atomic E-state index is 9.75. The van der Waals surface area contributed by atoms with Crippen molar-refractivity contribution in [2.45, 2.75) is 62.8 Å². The predicted molar refractivity (Wildman–Crippen MR) is 69.0 cm³/mol. The van der Waals surface area contributed by atoms with Crippen LogP contribution in [0.3, 0.4) is 0 Å². The van der Waals surface area contributed by atoms with Crippen molar-refractivity contribution in [2.75, 3.05) is 0 Å². The average molecular weight is 239 g/mol. The van der Waals surface area contributed by atoms with Gasteiger partial charge in [0.25, 0.3) is 0 Å². The van der Waals surface area contributed by atoms with Crippen LogP contribution in [-0.2, 0) is 0 Å². The Kier molecular flexibility index (Phi) is 2.59. The molecule has 2 fully saturated rings. The van der Waals surface area contributed by atoms with Crippen LogP contribution in [0.4, 0.5) is 0 Å². The SMILES string of the molecule is CC1=NC2(C3CCCC(C(C)O)C3)CC2S1. The molecule has 90 valence electrons. The number of thioether (sulfide) groups is 1. The minimum absolute atomic E-state index is 0.129. The highest BCUT2D eigenvalue weighted by Crippen LogP contribution is 2.61. The van der Waals surface area contributed by atoms with E-state index in [2.05, 4.69) is 6.92 Å². The number of hydrogen-bond acceptors (Lipinski definition) is 3. The summed E-state index contributed by atoms with van der Waals surface area (Å²) in [5, 5.41) is 11.8. The molecule has 0 aromatic rings. The topological polar surface area (TPSA) is 32.6 Å². The van der Waals surface area contributed by atoms with Crippen LogP contribution in [-0.4, -0.2) is 27.0 Å². The van der Waals surface area contributed by atoms with Crippen LogP contribution < -0.4 is 0 Å². The Labute approximate surface area is 102 Å². The summed E-state index contributed by atoms with van der Waals surface area (Å²) >= 11 is 1.98. The molecular weight excluding hydrogens is 218 g/mol. The van der Waals surface area contributed by atoms with Crippen LogP contribution in [0.25, 0.3) is 0 Å². The number of fused-ring (bicyclic) bond motifs is 1. The molecule has 2 aliphatic carbocycles. The highest BCUT2D eigenvalue weighted by molar-refractivity contribution is 8.15. The van der Waals surface area contributed by atoms with Gasteiger partial charge in [-0.15, -0.1) is 11.8 Å². The summed E-state index contributed by atoms with van der Waals surface area (Å²) in [4.78, 5) is 4.91. The molecule has 16 heavy (non-hydrogen) atoms. The van der Waals surface area contributed by atoms with E-state index in [9.17, 15) is 5.11 Å². The number of rotatable bonds is 2. The smallest absolute Gasteiger partial charge is 0.0780 e. The van der Waals surface area contributed by atoms with E-state index in [1.165, 1.54) is 37.1 Å². The fourth-order valence-corrected chi connectivity index (χ4v) is 5.10. The third kappa shape index (κ3) is 1.63. The molecule has 0 saturated heterocycles. The van der Waals surface area contributed by atoms with Gasteiger partial charge in [-0.05, 0) is 51.4 Å². The van der Waals surface area contributed by atoms with E-state index < -0.39 is 0 Å². The Balaban J connectivity index is 1.72. The standard InChI is InChI=1S/C13H21NOS/c1-8(15)10-4-3-5-11(6-10)13-7-12(13)16-9(2)14-13/h8,10-12,15H,3-7H2,1-2H3. The molecule has 0 aromatic heterocycles. The van der Waals surface area contributed by atoms with Gasteiger partial charge in [-0.2, -0.15) is 0 Å². The number of aliphatic hydroxyl groups excluding tert-OH is 1. The fraction of sp³-hybridized carbons (Fsp3) is 0.923. The second-order valence-electron chi connectivity index (χ2n) is 5.80. The van der Waals surface area contributed by atoms with Crippen molar-refractivity contribution >= 4 is 16.8 Å². The van der Waals surface area contributed by atoms with Gasteiger partial charge in [0.2, 0.25) is 0 Å². The van der Waals surface area contributed by atoms with Crippen LogP contribution in [0, 0.1) is 11.8 Å². The molecule has 3 rings (SSSR count). The van der Waals surface area contributed by atoms with Crippen LogP contribution in [0.15, 0.2) is 4.99 Å². The molecule has 1 aliphatic heterocycles. The van der Waals surface area contributed by atoms with Crippen molar-refractivity contribution in [3.8, 4) is 0 Å². The Morgan fingerprint density at radius 2 is 2.31 bits per heavy atom. The second kappa shape index (κ2) is 3.74. The van der Waals surface area contributed by atoms with E-state index in [-0.39, 0.29) is 6.10 Å². The molecule has 5 unspecified atom stereocenters. The van der Waals surface area contributed by atoms with Crippen molar-refractivity contribution in [1.29, 1.82) is 0 Å². The zero-order valence-corrected chi connectivity index (χ0v) is 11.0. The van der Waals surface area contributed by atoms with E-state index >= 15 is 0 Å². The van der Waals surface area contributed by atoms with Gasteiger partial charge in [0.05, 0.1) is 16.7 Å². The van der Waals surface area contributed by atoms with Gasteiger partial charge < -0.3 is 5.11 Å². The van der Waals surface area contributed by atoms with Gasteiger partial charge in [-0.1, -0.05) is 6.42 Å².